The zero-order valence-corrected chi connectivity index (χ0v) is 10.7. The van der Waals surface area contributed by atoms with Crippen LogP contribution in [0.3, 0.4) is 0 Å². The van der Waals surface area contributed by atoms with Crippen molar-refractivity contribution in [3.63, 3.8) is 0 Å². The van der Waals surface area contributed by atoms with Gasteiger partial charge in [-0.05, 0) is 43.9 Å². The molecule has 0 saturated carbocycles. The van der Waals surface area contributed by atoms with Crippen LogP contribution in [0, 0.1) is 0 Å². The van der Waals surface area contributed by atoms with Gasteiger partial charge in [0.15, 0.2) is 0 Å². The highest BCUT2D eigenvalue weighted by molar-refractivity contribution is 6.45. The van der Waals surface area contributed by atoms with Crippen LogP contribution >= 0.6 is 0 Å². The Morgan fingerprint density at radius 1 is 1.28 bits per heavy atom. The fraction of sp³-hybridized carbons (Fsp3) is 0.500. The molecule has 1 aliphatic carbocycles. The monoisotopic (exact) mass is 243 g/mol. The van der Waals surface area contributed by atoms with E-state index in [1.165, 1.54) is 11.1 Å². The van der Waals surface area contributed by atoms with E-state index in [0.29, 0.717) is 12.2 Å². The van der Waals surface area contributed by atoms with Crippen LogP contribution < -0.4 is 0 Å². The third kappa shape index (κ3) is 1.63. The Hall–Kier alpha value is -1.13. The zero-order chi connectivity index (χ0) is 12.8. The van der Waals surface area contributed by atoms with E-state index < -0.39 is 7.05 Å². The van der Waals surface area contributed by atoms with Crippen LogP contribution in [0.5, 0.6) is 0 Å². The van der Waals surface area contributed by atoms with Gasteiger partial charge in [0, 0.05) is 6.42 Å². The van der Waals surface area contributed by atoms with Gasteiger partial charge in [0.05, 0.1) is 5.41 Å². The second kappa shape index (κ2) is 4.21. The van der Waals surface area contributed by atoms with Crippen LogP contribution in [0.25, 0.3) is 0 Å². The number of carbonyl (C=O) groups excluding carboxylic acids is 1. The Labute approximate surface area is 108 Å². The summed E-state index contributed by atoms with van der Waals surface area (Å²) in [7, 11) is -0.408. The van der Waals surface area contributed by atoms with Gasteiger partial charge in [-0.2, -0.15) is 0 Å². The van der Waals surface area contributed by atoms with Crippen LogP contribution in [-0.2, 0) is 16.6 Å². The maximum absolute atomic E-state index is 12.4. The van der Waals surface area contributed by atoms with Crippen molar-refractivity contribution in [3.05, 3.63) is 35.4 Å². The van der Waals surface area contributed by atoms with Crippen molar-refractivity contribution in [2.75, 3.05) is 13.1 Å². The molecular weight excluding hydrogens is 225 g/mol. The molecule has 0 bridgehead atoms. The summed E-state index contributed by atoms with van der Waals surface area (Å²) in [5.74, 6) is 0.369. The maximum atomic E-state index is 12.4. The first-order chi connectivity index (χ1) is 8.63. The minimum atomic E-state index is -0.408. The van der Waals surface area contributed by atoms with Gasteiger partial charge in [0.25, 0.3) is 0 Å². The number of carbonyl (C=O) groups is 1. The second-order valence-corrected chi connectivity index (χ2v) is 5.51. The molecule has 1 spiro atoms. The van der Waals surface area contributed by atoms with Crippen molar-refractivity contribution in [1.29, 1.82) is 0 Å². The Morgan fingerprint density at radius 3 is 2.61 bits per heavy atom. The van der Waals surface area contributed by atoms with E-state index in [9.17, 15) is 9.82 Å². The Kier molecular flexibility index (Phi) is 2.79. The quantitative estimate of drug-likeness (QED) is 0.755. The topological polar surface area (TPSA) is 40.5 Å². The fourth-order valence-electron chi connectivity index (χ4n) is 3.46. The molecule has 0 radical (unpaired) electrons. The van der Waals surface area contributed by atoms with Gasteiger partial charge >= 0.3 is 7.05 Å². The largest absolute Gasteiger partial charge is 0.437 e. The molecule has 4 heteroatoms. The summed E-state index contributed by atoms with van der Waals surface area (Å²) in [6.45, 7) is 3.40. The average Bonchev–Trinajstić information content (AvgIpc) is 2.64. The SMILES string of the molecule is CB(O)N1CCC2(CC1)C(=O)Cc1ccccc12. The van der Waals surface area contributed by atoms with Gasteiger partial charge in [-0.25, -0.2) is 0 Å². The molecule has 0 atom stereocenters. The van der Waals surface area contributed by atoms with Crippen LogP contribution in [-0.4, -0.2) is 35.8 Å². The molecule has 1 fully saturated rings. The lowest BCUT2D eigenvalue weighted by Gasteiger charge is -2.39. The van der Waals surface area contributed by atoms with Crippen molar-refractivity contribution in [1.82, 2.24) is 4.81 Å². The van der Waals surface area contributed by atoms with Crippen molar-refractivity contribution in [3.8, 4) is 0 Å². The van der Waals surface area contributed by atoms with E-state index in [-0.39, 0.29) is 5.41 Å². The van der Waals surface area contributed by atoms with Crippen molar-refractivity contribution >= 4 is 12.8 Å². The Bertz CT molecular complexity index is 478. The van der Waals surface area contributed by atoms with Crippen LogP contribution in [0.15, 0.2) is 24.3 Å². The standard InChI is InChI=1S/C14H18BNO2/c1-15(18)16-8-6-14(7-9-16)12-5-3-2-4-11(12)10-13(14)17/h2-5,18H,6-10H2,1H3. The summed E-state index contributed by atoms with van der Waals surface area (Å²) in [6, 6.07) is 8.22. The number of benzene rings is 1. The second-order valence-electron chi connectivity index (χ2n) is 5.51. The lowest BCUT2D eigenvalue weighted by Crippen LogP contribution is -2.50. The highest BCUT2D eigenvalue weighted by Gasteiger charge is 2.47. The van der Waals surface area contributed by atoms with E-state index in [0.717, 1.165) is 25.9 Å². The predicted octanol–water partition coefficient (Wildman–Crippen LogP) is 1.26. The molecule has 1 N–H and O–H groups in total. The lowest BCUT2D eigenvalue weighted by atomic mass is 9.70. The Morgan fingerprint density at radius 2 is 1.94 bits per heavy atom. The summed E-state index contributed by atoms with van der Waals surface area (Å²) < 4.78 is 0. The number of rotatable bonds is 1. The minimum Gasteiger partial charge on any atom is -0.437 e. The van der Waals surface area contributed by atoms with Gasteiger partial charge in [0.1, 0.15) is 5.78 Å². The third-order valence-corrected chi connectivity index (χ3v) is 4.60. The summed E-state index contributed by atoms with van der Waals surface area (Å²) in [5.41, 5.74) is 2.18. The molecule has 1 aromatic rings. The molecule has 0 unspecified atom stereocenters. The number of Topliss-reactive ketones (excluding diaryl/α,β-unsaturated/α-hetero) is 1. The summed E-state index contributed by atoms with van der Waals surface area (Å²) in [5, 5.41) is 9.61. The molecule has 3 rings (SSSR count). The highest BCUT2D eigenvalue weighted by atomic mass is 16.2. The smallest absolute Gasteiger partial charge is 0.376 e. The molecule has 3 nitrogen and oxygen atoms in total. The first kappa shape index (κ1) is 11.9. The number of fused-ring (bicyclic) bond motifs is 2. The zero-order valence-electron chi connectivity index (χ0n) is 10.7. The van der Waals surface area contributed by atoms with Crippen LogP contribution in [0.4, 0.5) is 0 Å². The molecule has 1 aliphatic heterocycles. The molecule has 94 valence electrons. The van der Waals surface area contributed by atoms with Crippen LogP contribution in [0.1, 0.15) is 24.0 Å². The van der Waals surface area contributed by atoms with Gasteiger partial charge in [-0.1, -0.05) is 24.3 Å². The highest BCUT2D eigenvalue weighted by Crippen LogP contribution is 2.43. The van der Waals surface area contributed by atoms with Crippen LogP contribution in [0.2, 0.25) is 6.82 Å². The molecule has 18 heavy (non-hydrogen) atoms. The predicted molar refractivity (Wildman–Crippen MR) is 71.5 cm³/mol. The molecule has 0 aromatic heterocycles. The minimum absolute atomic E-state index is 0.262. The molecular formula is C14H18BNO2. The number of ketones is 1. The number of hydrogen-bond donors (Lipinski definition) is 1. The first-order valence-electron chi connectivity index (χ1n) is 6.67. The van der Waals surface area contributed by atoms with E-state index in [1.807, 2.05) is 16.9 Å². The molecule has 1 saturated heterocycles. The van der Waals surface area contributed by atoms with Crippen molar-refractivity contribution in [2.45, 2.75) is 31.5 Å². The average molecular weight is 243 g/mol. The number of piperidine rings is 1. The Balaban J connectivity index is 1.91. The van der Waals surface area contributed by atoms with E-state index >= 15 is 0 Å². The van der Waals surface area contributed by atoms with E-state index in [2.05, 4.69) is 12.1 Å². The van der Waals surface area contributed by atoms with Gasteiger partial charge in [0.2, 0.25) is 0 Å². The normalized spacial score (nSPS) is 22.2. The van der Waals surface area contributed by atoms with E-state index in [1.54, 1.807) is 6.82 Å². The number of nitrogens with zero attached hydrogens (tertiary/aromatic N) is 1. The molecule has 1 heterocycles. The van der Waals surface area contributed by atoms with E-state index in [4.69, 9.17) is 0 Å². The van der Waals surface area contributed by atoms with Gasteiger partial charge < -0.3 is 9.83 Å². The lowest BCUT2D eigenvalue weighted by molar-refractivity contribution is -0.124. The molecule has 2 aliphatic rings. The van der Waals surface area contributed by atoms with Gasteiger partial charge in [-0.15, -0.1) is 0 Å². The first-order valence-corrected chi connectivity index (χ1v) is 6.67. The third-order valence-electron chi connectivity index (χ3n) is 4.60. The summed E-state index contributed by atoms with van der Waals surface area (Å²) in [6.07, 6.45) is 2.27. The molecule has 0 amide bonds. The number of hydrogen-bond acceptors (Lipinski definition) is 3. The maximum Gasteiger partial charge on any atom is 0.376 e. The van der Waals surface area contributed by atoms with Crippen molar-refractivity contribution < 1.29 is 9.82 Å². The van der Waals surface area contributed by atoms with Gasteiger partial charge in [-0.3, -0.25) is 4.79 Å². The fourth-order valence-corrected chi connectivity index (χ4v) is 3.46. The summed E-state index contributed by atoms with van der Waals surface area (Å²) >= 11 is 0. The summed E-state index contributed by atoms with van der Waals surface area (Å²) in [4.78, 5) is 14.4. The molecule has 1 aromatic carbocycles. The van der Waals surface area contributed by atoms with Crippen molar-refractivity contribution in [2.24, 2.45) is 0 Å².